The van der Waals surface area contributed by atoms with Gasteiger partial charge in [0.25, 0.3) is 0 Å². The quantitative estimate of drug-likeness (QED) is 0.867. The van der Waals surface area contributed by atoms with Crippen LogP contribution in [0.15, 0.2) is 33.2 Å². The van der Waals surface area contributed by atoms with Crippen LogP contribution in [0, 0.1) is 12.7 Å². The summed E-state index contributed by atoms with van der Waals surface area (Å²) < 4.78 is 19.5. The van der Waals surface area contributed by atoms with Crippen molar-refractivity contribution in [1.82, 2.24) is 0 Å². The number of furan rings is 1. The van der Waals surface area contributed by atoms with E-state index < -0.39 is 11.8 Å². The lowest BCUT2D eigenvalue weighted by molar-refractivity contribution is 0.0695. The van der Waals surface area contributed by atoms with Gasteiger partial charge in [0.15, 0.2) is 5.82 Å². The van der Waals surface area contributed by atoms with Gasteiger partial charge in [0.05, 0.1) is 21.8 Å². The minimum absolute atomic E-state index is 0.0715. The number of carboxylic acids is 1. The number of aromatic carboxylic acids is 1. The van der Waals surface area contributed by atoms with E-state index in [0.29, 0.717) is 5.76 Å². The molecule has 106 valence electrons. The van der Waals surface area contributed by atoms with Gasteiger partial charge in [0.2, 0.25) is 0 Å². The van der Waals surface area contributed by atoms with Crippen molar-refractivity contribution in [2.45, 2.75) is 19.9 Å². The van der Waals surface area contributed by atoms with Crippen molar-refractivity contribution >= 4 is 27.6 Å². The minimum Gasteiger partial charge on any atom is -0.478 e. The van der Waals surface area contributed by atoms with Crippen LogP contribution in [0.1, 0.15) is 34.8 Å². The molecule has 1 heterocycles. The molecule has 0 radical (unpaired) electrons. The summed E-state index contributed by atoms with van der Waals surface area (Å²) in [5.41, 5.74) is 0.0953. The van der Waals surface area contributed by atoms with Gasteiger partial charge in [-0.05, 0) is 54.0 Å². The molecule has 0 saturated carbocycles. The van der Waals surface area contributed by atoms with Crippen molar-refractivity contribution in [3.63, 3.8) is 0 Å². The first kappa shape index (κ1) is 14.6. The smallest absolute Gasteiger partial charge is 0.336 e. The van der Waals surface area contributed by atoms with E-state index in [9.17, 15) is 9.18 Å². The molecule has 0 bridgehead atoms. The van der Waals surface area contributed by atoms with Crippen molar-refractivity contribution in [2.24, 2.45) is 0 Å². The molecule has 0 saturated heterocycles. The summed E-state index contributed by atoms with van der Waals surface area (Å²) in [6.07, 6.45) is 0. The number of anilines is 1. The second-order valence-corrected chi connectivity index (χ2v) is 5.20. The van der Waals surface area contributed by atoms with Crippen LogP contribution in [0.2, 0.25) is 0 Å². The van der Waals surface area contributed by atoms with Gasteiger partial charge in [0.1, 0.15) is 11.5 Å². The van der Waals surface area contributed by atoms with Crippen LogP contribution < -0.4 is 5.32 Å². The van der Waals surface area contributed by atoms with Gasteiger partial charge >= 0.3 is 5.97 Å². The monoisotopic (exact) mass is 341 g/mol. The first-order valence-corrected chi connectivity index (χ1v) is 6.73. The van der Waals surface area contributed by atoms with Crippen molar-refractivity contribution in [2.75, 3.05) is 5.32 Å². The maximum absolute atomic E-state index is 14.1. The zero-order valence-corrected chi connectivity index (χ0v) is 12.5. The third-order valence-corrected chi connectivity index (χ3v) is 3.65. The van der Waals surface area contributed by atoms with Crippen molar-refractivity contribution in [3.05, 3.63) is 51.6 Å². The normalized spacial score (nSPS) is 12.2. The van der Waals surface area contributed by atoms with E-state index in [-0.39, 0.29) is 21.8 Å². The van der Waals surface area contributed by atoms with E-state index in [2.05, 4.69) is 21.2 Å². The highest BCUT2D eigenvalue weighted by Crippen LogP contribution is 2.30. The van der Waals surface area contributed by atoms with E-state index >= 15 is 0 Å². The summed E-state index contributed by atoms with van der Waals surface area (Å²) >= 11 is 2.96. The molecule has 0 aliphatic carbocycles. The Kier molecular flexibility index (Phi) is 4.13. The number of aryl methyl sites for hydroxylation is 1. The van der Waals surface area contributed by atoms with E-state index in [0.717, 1.165) is 5.76 Å². The van der Waals surface area contributed by atoms with Crippen molar-refractivity contribution in [1.29, 1.82) is 0 Å². The first-order valence-electron chi connectivity index (χ1n) is 5.94. The van der Waals surface area contributed by atoms with Gasteiger partial charge in [-0.25, -0.2) is 9.18 Å². The van der Waals surface area contributed by atoms with Gasteiger partial charge in [-0.2, -0.15) is 0 Å². The number of hydrogen-bond donors (Lipinski definition) is 2. The van der Waals surface area contributed by atoms with Crippen LogP contribution in [0.5, 0.6) is 0 Å². The molecule has 1 atom stereocenters. The summed E-state index contributed by atoms with van der Waals surface area (Å²) in [5.74, 6) is -0.367. The van der Waals surface area contributed by atoms with Crippen molar-refractivity contribution < 1.29 is 18.7 Å². The molecule has 1 aromatic carbocycles. The molecule has 1 aromatic heterocycles. The second-order valence-electron chi connectivity index (χ2n) is 4.41. The van der Waals surface area contributed by atoms with Gasteiger partial charge in [0, 0.05) is 0 Å². The largest absolute Gasteiger partial charge is 0.478 e. The molecule has 2 N–H and O–H groups in total. The van der Waals surface area contributed by atoms with E-state index in [1.165, 1.54) is 12.1 Å². The molecule has 0 aliphatic rings. The van der Waals surface area contributed by atoms with Gasteiger partial charge in [-0.1, -0.05) is 0 Å². The van der Waals surface area contributed by atoms with Crippen LogP contribution in [0.4, 0.5) is 10.1 Å². The van der Waals surface area contributed by atoms with E-state index in [1.807, 2.05) is 26.0 Å². The Morgan fingerprint density at radius 2 is 2.10 bits per heavy atom. The molecule has 0 fully saturated rings. The Morgan fingerprint density at radius 3 is 2.65 bits per heavy atom. The Labute approximate surface area is 123 Å². The molecule has 2 rings (SSSR count). The number of carbonyl (C=O) groups is 1. The predicted molar refractivity (Wildman–Crippen MR) is 76.5 cm³/mol. The van der Waals surface area contributed by atoms with Crippen LogP contribution in [-0.2, 0) is 0 Å². The first-order chi connectivity index (χ1) is 9.40. The molecule has 20 heavy (non-hydrogen) atoms. The third kappa shape index (κ3) is 2.85. The van der Waals surface area contributed by atoms with Crippen molar-refractivity contribution in [3.8, 4) is 0 Å². The average molecular weight is 342 g/mol. The lowest BCUT2D eigenvalue weighted by Crippen LogP contribution is -2.09. The highest BCUT2D eigenvalue weighted by molar-refractivity contribution is 9.10. The molecule has 2 aromatic rings. The fourth-order valence-corrected chi connectivity index (χ4v) is 2.33. The Morgan fingerprint density at radius 1 is 1.40 bits per heavy atom. The number of benzene rings is 1. The van der Waals surface area contributed by atoms with E-state index in [1.54, 1.807) is 0 Å². The summed E-state index contributed by atoms with van der Waals surface area (Å²) in [6.45, 7) is 3.66. The molecule has 6 heteroatoms. The average Bonchev–Trinajstić information content (AvgIpc) is 2.81. The molecule has 0 aliphatic heterocycles. The van der Waals surface area contributed by atoms with Crippen LogP contribution in [0.3, 0.4) is 0 Å². The zero-order chi connectivity index (χ0) is 14.9. The zero-order valence-electron chi connectivity index (χ0n) is 10.9. The van der Waals surface area contributed by atoms with Crippen LogP contribution in [0.25, 0.3) is 0 Å². The number of halogens is 2. The molecule has 1 unspecified atom stereocenters. The fourth-order valence-electron chi connectivity index (χ4n) is 1.82. The third-order valence-electron chi connectivity index (χ3n) is 2.87. The van der Waals surface area contributed by atoms with Gasteiger partial charge in [-0.15, -0.1) is 0 Å². The maximum atomic E-state index is 14.1. The highest BCUT2D eigenvalue weighted by atomic mass is 79.9. The SMILES string of the molecule is Cc1ccc(C(C)Nc2ccc(C(=O)O)c(Br)c2F)o1. The molecular weight excluding hydrogens is 329 g/mol. The maximum Gasteiger partial charge on any atom is 0.336 e. The Bertz CT molecular complexity index is 654. The summed E-state index contributed by atoms with van der Waals surface area (Å²) in [4.78, 5) is 10.9. The lowest BCUT2D eigenvalue weighted by Gasteiger charge is -2.15. The lowest BCUT2D eigenvalue weighted by atomic mass is 10.1. The standard InChI is InChI=1S/C14H13BrFNO3/c1-7-3-6-11(20-7)8(2)17-10-5-4-9(14(18)19)12(15)13(10)16/h3-6,8,17H,1-2H3,(H,18,19). The Balaban J connectivity index is 2.26. The fraction of sp³-hybridized carbons (Fsp3) is 0.214. The van der Waals surface area contributed by atoms with Crippen LogP contribution in [-0.4, -0.2) is 11.1 Å². The number of hydrogen-bond acceptors (Lipinski definition) is 3. The number of carboxylic acid groups (broad SMARTS) is 1. The molecule has 0 spiro atoms. The molecule has 4 nitrogen and oxygen atoms in total. The summed E-state index contributed by atoms with van der Waals surface area (Å²) in [6, 6.07) is 6.15. The predicted octanol–water partition coefficient (Wildman–Crippen LogP) is 4.36. The highest BCUT2D eigenvalue weighted by Gasteiger charge is 2.18. The number of rotatable bonds is 4. The Hall–Kier alpha value is -1.82. The summed E-state index contributed by atoms with van der Waals surface area (Å²) in [5, 5.41) is 11.9. The minimum atomic E-state index is -1.18. The topological polar surface area (TPSA) is 62.5 Å². The number of nitrogens with one attached hydrogen (secondary N) is 1. The van der Waals surface area contributed by atoms with Crippen LogP contribution >= 0.6 is 15.9 Å². The van der Waals surface area contributed by atoms with E-state index in [4.69, 9.17) is 9.52 Å². The molecule has 0 amide bonds. The van der Waals surface area contributed by atoms with Gasteiger partial charge in [-0.3, -0.25) is 0 Å². The molecular formula is C14H13BrFNO3. The van der Waals surface area contributed by atoms with Gasteiger partial charge < -0.3 is 14.8 Å². The second kappa shape index (κ2) is 5.66. The summed E-state index contributed by atoms with van der Waals surface area (Å²) in [7, 11) is 0.